The van der Waals surface area contributed by atoms with Crippen LogP contribution in [0.5, 0.6) is 5.75 Å². The van der Waals surface area contributed by atoms with Gasteiger partial charge in [0.05, 0.1) is 7.11 Å². The van der Waals surface area contributed by atoms with Crippen molar-refractivity contribution in [2.75, 3.05) is 11.8 Å². The maximum Gasteiger partial charge on any atom is 0.339 e. The number of nitrogens with one attached hydrogen (secondary N) is 1. The van der Waals surface area contributed by atoms with Gasteiger partial charge in [0.15, 0.2) is 0 Å². The Morgan fingerprint density at radius 1 is 1.47 bits per heavy atom. The molecule has 0 aromatic heterocycles. The Labute approximate surface area is 87.6 Å². The monoisotopic (exact) mass is 231 g/mol. The van der Waals surface area contributed by atoms with Gasteiger partial charge in [-0.1, -0.05) is 0 Å². The molecule has 0 aliphatic rings. The van der Waals surface area contributed by atoms with Gasteiger partial charge in [0, 0.05) is 5.69 Å². The molecule has 0 radical (unpaired) electrons. The highest BCUT2D eigenvalue weighted by Gasteiger charge is 2.11. The van der Waals surface area contributed by atoms with Gasteiger partial charge in [-0.3, -0.25) is 4.72 Å². The van der Waals surface area contributed by atoms with Crippen LogP contribution in [0, 0.1) is 0 Å². The van der Waals surface area contributed by atoms with Crippen molar-refractivity contribution in [2.24, 2.45) is 0 Å². The number of hydrogen-bond acceptors (Lipinski definition) is 4. The SMILES string of the molecule is COc1ccc(N[SH](=O)=O)cc1C(=O)O. The Balaban J connectivity index is 3.15. The maximum absolute atomic E-state index is 10.8. The molecule has 6 nitrogen and oxygen atoms in total. The fraction of sp³-hybridized carbons (Fsp3) is 0.125. The quantitative estimate of drug-likeness (QED) is 0.649. The molecule has 7 heteroatoms. The predicted octanol–water partition coefficient (Wildman–Crippen LogP) is 0.332. The number of methoxy groups -OCH3 is 1. The fourth-order valence-electron chi connectivity index (χ4n) is 1.05. The van der Waals surface area contributed by atoms with E-state index in [2.05, 4.69) is 4.72 Å². The summed E-state index contributed by atoms with van der Waals surface area (Å²) >= 11 is 0. The van der Waals surface area contributed by atoms with Gasteiger partial charge < -0.3 is 9.84 Å². The van der Waals surface area contributed by atoms with Crippen molar-refractivity contribution >= 4 is 22.5 Å². The molecule has 0 bridgehead atoms. The van der Waals surface area contributed by atoms with Crippen LogP contribution in [0.15, 0.2) is 18.2 Å². The number of thiol groups is 1. The summed E-state index contributed by atoms with van der Waals surface area (Å²) in [5.41, 5.74) is 0.0867. The van der Waals surface area contributed by atoms with Crippen LogP contribution >= 0.6 is 0 Å². The number of carboxylic acid groups (broad SMARTS) is 1. The van der Waals surface area contributed by atoms with E-state index in [9.17, 15) is 13.2 Å². The van der Waals surface area contributed by atoms with Crippen LogP contribution in [0.2, 0.25) is 0 Å². The second-order valence-corrected chi connectivity index (χ2v) is 3.33. The van der Waals surface area contributed by atoms with Crippen LogP contribution in [0.3, 0.4) is 0 Å². The smallest absolute Gasteiger partial charge is 0.339 e. The highest BCUT2D eigenvalue weighted by atomic mass is 32.2. The minimum Gasteiger partial charge on any atom is -0.496 e. The second kappa shape index (κ2) is 4.65. The number of benzene rings is 1. The zero-order valence-corrected chi connectivity index (χ0v) is 8.65. The number of hydrogen-bond donors (Lipinski definition) is 3. The molecule has 0 atom stereocenters. The standard InChI is InChI=1S/C8H9NO5S/c1-14-7-3-2-5(9-15(12)13)4-6(7)8(10)11/h2-4,15H,1H3,(H,10,11)(H,9,12,13). The van der Waals surface area contributed by atoms with Crippen molar-refractivity contribution < 1.29 is 23.1 Å². The third-order valence-electron chi connectivity index (χ3n) is 1.65. The molecular weight excluding hydrogens is 222 g/mol. The van der Waals surface area contributed by atoms with E-state index < -0.39 is 16.9 Å². The minimum atomic E-state index is -2.81. The molecule has 2 N–H and O–H groups in total. The summed E-state index contributed by atoms with van der Waals surface area (Å²) in [4.78, 5) is 10.8. The summed E-state index contributed by atoms with van der Waals surface area (Å²) in [6.45, 7) is 0. The maximum atomic E-state index is 10.8. The number of anilines is 1. The molecular formula is C8H9NO5S. The molecule has 1 aromatic rings. The Morgan fingerprint density at radius 2 is 2.13 bits per heavy atom. The van der Waals surface area contributed by atoms with Crippen molar-refractivity contribution in [1.82, 2.24) is 0 Å². The summed E-state index contributed by atoms with van der Waals surface area (Å²) in [5.74, 6) is -1.01. The van der Waals surface area contributed by atoms with Gasteiger partial charge in [-0.05, 0) is 18.2 Å². The van der Waals surface area contributed by atoms with Crippen molar-refractivity contribution in [3.63, 3.8) is 0 Å². The number of carboxylic acids is 1. The van der Waals surface area contributed by atoms with Crippen LogP contribution in [0.4, 0.5) is 5.69 Å². The Hall–Kier alpha value is -1.76. The van der Waals surface area contributed by atoms with Gasteiger partial charge >= 0.3 is 5.97 Å². The zero-order valence-electron chi connectivity index (χ0n) is 7.76. The van der Waals surface area contributed by atoms with Crippen LogP contribution < -0.4 is 9.46 Å². The molecule has 15 heavy (non-hydrogen) atoms. The molecule has 0 unspecified atom stereocenters. The van der Waals surface area contributed by atoms with Gasteiger partial charge in [-0.2, -0.15) is 0 Å². The van der Waals surface area contributed by atoms with E-state index in [1.165, 1.54) is 25.3 Å². The van der Waals surface area contributed by atoms with E-state index in [0.29, 0.717) is 0 Å². The van der Waals surface area contributed by atoms with Gasteiger partial charge in [0.2, 0.25) is 10.9 Å². The molecule has 0 aliphatic heterocycles. The Kier molecular flexibility index (Phi) is 3.51. The first-order chi connectivity index (χ1) is 7.04. The largest absolute Gasteiger partial charge is 0.496 e. The number of ether oxygens (including phenoxy) is 1. The topological polar surface area (TPSA) is 92.7 Å². The first kappa shape index (κ1) is 11.3. The average Bonchev–Trinajstić information content (AvgIpc) is 2.16. The van der Waals surface area contributed by atoms with Gasteiger partial charge in [0.25, 0.3) is 0 Å². The lowest BCUT2D eigenvalue weighted by molar-refractivity contribution is 0.0693. The van der Waals surface area contributed by atoms with Crippen LogP contribution in [0.25, 0.3) is 0 Å². The molecule has 0 heterocycles. The Morgan fingerprint density at radius 3 is 2.60 bits per heavy atom. The number of carbonyl (C=O) groups is 1. The lowest BCUT2D eigenvalue weighted by Crippen LogP contribution is -2.02. The molecule has 0 saturated carbocycles. The van der Waals surface area contributed by atoms with E-state index >= 15 is 0 Å². The highest BCUT2D eigenvalue weighted by molar-refractivity contribution is 7.73. The summed E-state index contributed by atoms with van der Waals surface area (Å²) in [5, 5.41) is 8.80. The van der Waals surface area contributed by atoms with Crippen LogP contribution in [0.1, 0.15) is 10.4 Å². The third-order valence-corrected chi connectivity index (χ3v) is 2.09. The van der Waals surface area contributed by atoms with Gasteiger partial charge in [-0.25, -0.2) is 13.2 Å². The average molecular weight is 231 g/mol. The predicted molar refractivity (Wildman–Crippen MR) is 53.9 cm³/mol. The van der Waals surface area contributed by atoms with Crippen LogP contribution in [-0.4, -0.2) is 26.6 Å². The number of rotatable bonds is 4. The third kappa shape index (κ3) is 2.84. The van der Waals surface area contributed by atoms with Crippen molar-refractivity contribution in [3.8, 4) is 5.75 Å². The van der Waals surface area contributed by atoms with E-state index in [0.717, 1.165) is 0 Å². The zero-order chi connectivity index (χ0) is 11.4. The van der Waals surface area contributed by atoms with E-state index in [4.69, 9.17) is 9.84 Å². The second-order valence-electron chi connectivity index (χ2n) is 2.59. The molecule has 0 fully saturated rings. The highest BCUT2D eigenvalue weighted by Crippen LogP contribution is 2.22. The first-order valence-electron chi connectivity index (χ1n) is 3.87. The molecule has 0 spiro atoms. The van der Waals surface area contributed by atoms with Crippen molar-refractivity contribution in [1.29, 1.82) is 0 Å². The lowest BCUT2D eigenvalue weighted by atomic mass is 10.2. The van der Waals surface area contributed by atoms with Crippen molar-refractivity contribution in [2.45, 2.75) is 0 Å². The molecule has 1 rings (SSSR count). The summed E-state index contributed by atoms with van der Waals surface area (Å²) in [6, 6.07) is 3.98. The molecule has 82 valence electrons. The summed E-state index contributed by atoms with van der Waals surface area (Å²) in [6.07, 6.45) is 0. The molecule has 0 amide bonds. The fourth-order valence-corrected chi connectivity index (χ4v) is 1.40. The normalized spacial score (nSPS) is 10.0. The van der Waals surface area contributed by atoms with E-state index in [1.54, 1.807) is 0 Å². The molecule has 0 saturated heterocycles. The summed E-state index contributed by atoms with van der Waals surface area (Å²) < 4.78 is 27.6. The van der Waals surface area contributed by atoms with E-state index in [-0.39, 0.29) is 17.0 Å². The minimum absolute atomic E-state index is 0.0978. The Bertz CT molecular complexity index is 446. The number of aromatic carboxylic acids is 1. The van der Waals surface area contributed by atoms with Gasteiger partial charge in [-0.15, -0.1) is 0 Å². The van der Waals surface area contributed by atoms with E-state index in [1.807, 2.05) is 0 Å². The van der Waals surface area contributed by atoms with Crippen LogP contribution in [-0.2, 0) is 10.9 Å². The summed E-state index contributed by atoms with van der Waals surface area (Å²) in [7, 11) is -1.47. The first-order valence-corrected chi connectivity index (χ1v) is 5.04. The van der Waals surface area contributed by atoms with Crippen molar-refractivity contribution in [3.05, 3.63) is 23.8 Å². The molecule has 1 aromatic carbocycles. The lowest BCUT2D eigenvalue weighted by Gasteiger charge is -2.06. The molecule has 0 aliphatic carbocycles. The van der Waals surface area contributed by atoms with Gasteiger partial charge in [0.1, 0.15) is 11.3 Å².